The molecule has 0 amide bonds. The average Bonchev–Trinajstić information content (AvgIpc) is 2.20. The smallest absolute Gasteiger partial charge is 0.188 e. The number of thioether (sulfide) groups is 1. The van der Waals surface area contributed by atoms with Gasteiger partial charge in [-0.25, -0.2) is 0 Å². The van der Waals surface area contributed by atoms with Crippen molar-refractivity contribution in [3.8, 4) is 0 Å². The molecule has 0 aromatic carbocycles. The maximum absolute atomic E-state index is 5.78. The van der Waals surface area contributed by atoms with Crippen LogP contribution in [-0.2, 0) is 0 Å². The molecule has 0 spiro atoms. The minimum atomic E-state index is 0.253. The van der Waals surface area contributed by atoms with Crippen molar-refractivity contribution in [3.63, 3.8) is 0 Å². The van der Waals surface area contributed by atoms with Gasteiger partial charge in [0, 0.05) is 10.8 Å². The van der Waals surface area contributed by atoms with E-state index < -0.39 is 0 Å². The minimum absolute atomic E-state index is 0.253. The van der Waals surface area contributed by atoms with Gasteiger partial charge in [0.05, 0.1) is 6.54 Å². The Balaban J connectivity index is 4.30. The predicted molar refractivity (Wildman–Crippen MR) is 71.6 cm³/mol. The topological polar surface area (TPSA) is 50.4 Å². The number of hydrogen-bond donors (Lipinski definition) is 2. The van der Waals surface area contributed by atoms with Crippen LogP contribution in [0.15, 0.2) is 4.99 Å². The molecule has 0 aliphatic rings. The van der Waals surface area contributed by atoms with Crippen LogP contribution in [-0.4, -0.2) is 29.5 Å². The van der Waals surface area contributed by atoms with Crippen LogP contribution in [0.5, 0.6) is 0 Å². The van der Waals surface area contributed by atoms with Crippen molar-refractivity contribution in [1.82, 2.24) is 5.32 Å². The van der Waals surface area contributed by atoms with Crippen LogP contribution in [0.25, 0.3) is 0 Å². The first-order valence-corrected chi connectivity index (χ1v) is 6.83. The van der Waals surface area contributed by atoms with Crippen molar-refractivity contribution in [1.29, 1.82) is 0 Å². The zero-order valence-electron chi connectivity index (χ0n) is 10.6. The van der Waals surface area contributed by atoms with Gasteiger partial charge in [-0.05, 0) is 32.9 Å². The summed E-state index contributed by atoms with van der Waals surface area (Å²) < 4.78 is 0.253. The maximum Gasteiger partial charge on any atom is 0.188 e. The quantitative estimate of drug-likeness (QED) is 0.544. The summed E-state index contributed by atoms with van der Waals surface area (Å²) in [6, 6.07) is 0.348. The molecule has 0 saturated carbocycles. The molecule has 0 aromatic heterocycles. The molecule has 0 bridgehead atoms. The lowest BCUT2D eigenvalue weighted by atomic mass is 10.0. The Morgan fingerprint density at radius 2 is 1.93 bits per heavy atom. The molecule has 0 heterocycles. The monoisotopic (exact) mass is 231 g/mol. The van der Waals surface area contributed by atoms with Gasteiger partial charge in [0.2, 0.25) is 0 Å². The van der Waals surface area contributed by atoms with Gasteiger partial charge in [0.1, 0.15) is 0 Å². The van der Waals surface area contributed by atoms with Crippen molar-refractivity contribution in [3.05, 3.63) is 0 Å². The van der Waals surface area contributed by atoms with Gasteiger partial charge in [-0.15, -0.1) is 0 Å². The van der Waals surface area contributed by atoms with E-state index in [2.05, 4.69) is 44.3 Å². The molecule has 0 fully saturated rings. The summed E-state index contributed by atoms with van der Waals surface area (Å²) in [5.74, 6) is 0.560. The second-order valence-corrected chi connectivity index (χ2v) is 5.37. The summed E-state index contributed by atoms with van der Waals surface area (Å²) in [6.45, 7) is 9.34. The van der Waals surface area contributed by atoms with E-state index >= 15 is 0 Å². The number of aliphatic imine (C=N–C) groups is 1. The Bertz CT molecular complexity index is 190. The molecule has 0 aromatic rings. The van der Waals surface area contributed by atoms with Gasteiger partial charge >= 0.3 is 0 Å². The Morgan fingerprint density at radius 1 is 1.40 bits per heavy atom. The third-order valence-corrected chi connectivity index (χ3v) is 4.27. The van der Waals surface area contributed by atoms with E-state index in [1.807, 2.05) is 11.8 Å². The first-order chi connectivity index (χ1) is 6.99. The Morgan fingerprint density at radius 3 is 2.27 bits per heavy atom. The molecular formula is C11H25N3S. The predicted octanol–water partition coefficient (Wildman–Crippen LogP) is 2.22. The standard InChI is InChI=1S/C11H25N3S/c1-6-11(7-2,15-5)8-13-10(12)14-9(3)4/h9H,6-8H2,1-5H3,(H3,12,13,14). The molecule has 0 saturated heterocycles. The second-order valence-electron chi connectivity index (χ2n) is 4.09. The number of nitrogens with two attached hydrogens (primary N) is 1. The maximum atomic E-state index is 5.78. The molecule has 0 aliphatic carbocycles. The van der Waals surface area contributed by atoms with Gasteiger partial charge in [-0.3, -0.25) is 4.99 Å². The van der Waals surface area contributed by atoms with Crippen LogP contribution < -0.4 is 11.1 Å². The fraction of sp³-hybridized carbons (Fsp3) is 0.909. The van der Waals surface area contributed by atoms with Gasteiger partial charge in [-0.1, -0.05) is 13.8 Å². The SMILES string of the molecule is CCC(CC)(CN=C(N)NC(C)C)SC. The minimum Gasteiger partial charge on any atom is -0.370 e. The van der Waals surface area contributed by atoms with Crippen molar-refractivity contribution in [2.24, 2.45) is 10.7 Å². The fourth-order valence-corrected chi connectivity index (χ4v) is 2.17. The van der Waals surface area contributed by atoms with Crippen LogP contribution in [0.2, 0.25) is 0 Å². The highest BCUT2D eigenvalue weighted by Crippen LogP contribution is 2.30. The lowest BCUT2D eigenvalue weighted by Crippen LogP contribution is -2.38. The summed E-state index contributed by atoms with van der Waals surface area (Å²) in [7, 11) is 0. The molecule has 0 aliphatic heterocycles. The molecule has 90 valence electrons. The molecular weight excluding hydrogens is 206 g/mol. The van der Waals surface area contributed by atoms with Crippen LogP contribution in [0.4, 0.5) is 0 Å². The molecule has 15 heavy (non-hydrogen) atoms. The van der Waals surface area contributed by atoms with Crippen LogP contribution in [0.3, 0.4) is 0 Å². The van der Waals surface area contributed by atoms with Gasteiger partial charge in [-0.2, -0.15) is 11.8 Å². The van der Waals surface area contributed by atoms with Gasteiger partial charge in [0.15, 0.2) is 5.96 Å². The number of guanidine groups is 1. The molecule has 0 radical (unpaired) electrons. The van der Waals surface area contributed by atoms with E-state index in [4.69, 9.17) is 5.73 Å². The molecule has 0 rings (SSSR count). The third-order valence-electron chi connectivity index (χ3n) is 2.70. The first-order valence-electron chi connectivity index (χ1n) is 5.61. The highest BCUT2D eigenvalue weighted by atomic mass is 32.2. The molecule has 0 unspecified atom stereocenters. The number of nitrogens with one attached hydrogen (secondary N) is 1. The zero-order valence-corrected chi connectivity index (χ0v) is 11.4. The van der Waals surface area contributed by atoms with Crippen LogP contribution >= 0.6 is 11.8 Å². The molecule has 3 nitrogen and oxygen atoms in total. The van der Waals surface area contributed by atoms with E-state index in [-0.39, 0.29) is 4.75 Å². The van der Waals surface area contributed by atoms with Crippen molar-refractivity contribution in [2.75, 3.05) is 12.8 Å². The van der Waals surface area contributed by atoms with Gasteiger partial charge in [0.25, 0.3) is 0 Å². The first kappa shape index (κ1) is 14.6. The third kappa shape index (κ3) is 5.30. The summed E-state index contributed by atoms with van der Waals surface area (Å²) in [6.07, 6.45) is 4.40. The van der Waals surface area contributed by atoms with Crippen LogP contribution in [0, 0.1) is 0 Å². The molecule has 0 atom stereocenters. The molecule has 4 heteroatoms. The summed E-state index contributed by atoms with van der Waals surface area (Å²) in [5, 5.41) is 3.11. The number of rotatable bonds is 6. The zero-order chi connectivity index (χ0) is 11.9. The average molecular weight is 231 g/mol. The van der Waals surface area contributed by atoms with E-state index in [1.165, 1.54) is 0 Å². The Hall–Kier alpha value is -0.380. The van der Waals surface area contributed by atoms with Crippen molar-refractivity contribution in [2.45, 2.75) is 51.3 Å². The van der Waals surface area contributed by atoms with Crippen molar-refractivity contribution >= 4 is 17.7 Å². The van der Waals surface area contributed by atoms with Gasteiger partial charge < -0.3 is 11.1 Å². The number of hydrogen-bond acceptors (Lipinski definition) is 2. The fourth-order valence-electron chi connectivity index (χ4n) is 1.40. The lowest BCUT2D eigenvalue weighted by molar-refractivity contribution is 0.558. The Kier molecular flexibility index (Phi) is 6.81. The second kappa shape index (κ2) is 6.99. The lowest BCUT2D eigenvalue weighted by Gasteiger charge is -2.27. The summed E-state index contributed by atoms with van der Waals surface area (Å²) in [4.78, 5) is 4.41. The van der Waals surface area contributed by atoms with E-state index in [9.17, 15) is 0 Å². The van der Waals surface area contributed by atoms with E-state index in [1.54, 1.807) is 0 Å². The van der Waals surface area contributed by atoms with Crippen molar-refractivity contribution < 1.29 is 0 Å². The highest BCUT2D eigenvalue weighted by molar-refractivity contribution is 8.00. The van der Waals surface area contributed by atoms with Crippen LogP contribution in [0.1, 0.15) is 40.5 Å². The van der Waals surface area contributed by atoms with E-state index in [0.29, 0.717) is 12.0 Å². The largest absolute Gasteiger partial charge is 0.370 e. The highest BCUT2D eigenvalue weighted by Gasteiger charge is 2.24. The summed E-state index contributed by atoms with van der Waals surface area (Å²) in [5.41, 5.74) is 5.78. The number of nitrogens with zero attached hydrogens (tertiary/aromatic N) is 1. The summed E-state index contributed by atoms with van der Waals surface area (Å²) >= 11 is 1.89. The van der Waals surface area contributed by atoms with E-state index in [0.717, 1.165) is 19.4 Å². The Labute approximate surface area is 98.3 Å². The molecule has 3 N–H and O–H groups in total. The normalized spacial score (nSPS) is 13.3.